The van der Waals surface area contributed by atoms with Gasteiger partial charge in [0.2, 0.25) is 12.4 Å². The second kappa shape index (κ2) is 12.8. The van der Waals surface area contributed by atoms with E-state index < -0.39 is 54.6 Å². The highest BCUT2D eigenvalue weighted by Crippen LogP contribution is 2.34. The Kier molecular flexibility index (Phi) is 9.75. The van der Waals surface area contributed by atoms with Crippen LogP contribution in [-0.2, 0) is 48.3 Å². The number of esters is 4. The second-order valence-corrected chi connectivity index (χ2v) is 9.88. The lowest BCUT2D eigenvalue weighted by molar-refractivity contribution is -0.298. The van der Waals surface area contributed by atoms with Gasteiger partial charge in [0.1, 0.15) is 24.2 Å². The molecule has 11 heteroatoms. The summed E-state index contributed by atoms with van der Waals surface area (Å²) in [7, 11) is 0. The fourth-order valence-electron chi connectivity index (χ4n) is 4.44. The van der Waals surface area contributed by atoms with E-state index in [1.165, 1.54) is 0 Å². The minimum Gasteiger partial charge on any atom is -0.508 e. The molecule has 1 N–H and O–H groups in total. The highest BCUT2D eigenvalue weighted by Gasteiger charge is 2.53. The zero-order valence-corrected chi connectivity index (χ0v) is 23.2. The minimum absolute atomic E-state index is 0.186. The molecule has 0 radical (unpaired) electrons. The van der Waals surface area contributed by atoms with E-state index in [1.807, 2.05) is 24.3 Å². The summed E-state index contributed by atoms with van der Waals surface area (Å²) < 4.78 is 33.1. The maximum atomic E-state index is 12.0. The lowest BCUT2D eigenvalue weighted by Crippen LogP contribution is -2.63. The first-order chi connectivity index (χ1) is 18.8. The van der Waals surface area contributed by atoms with E-state index in [9.17, 15) is 24.3 Å². The van der Waals surface area contributed by atoms with E-state index >= 15 is 0 Å². The molecule has 40 heavy (non-hydrogen) atoms. The van der Waals surface area contributed by atoms with Gasteiger partial charge in [-0.1, -0.05) is 38.1 Å². The number of aromatic hydroxyl groups is 1. The standard InChI is InChI=1S/C29H34O11/c1-16(30)36-25-24(40-28(39-19(4)33)27(38-18(3)32)26(25)37-17(2)31)15-35-23-13-9-21(10-14-23)29(5,6)20-7-11-22(34)12-8-20/h7-14,24-28,34H,15H2,1-6H3/t24-,25-,26+,27-,28?/m1/s1. The van der Waals surface area contributed by atoms with Crippen LogP contribution in [0.3, 0.4) is 0 Å². The molecule has 216 valence electrons. The van der Waals surface area contributed by atoms with Gasteiger partial charge in [-0.2, -0.15) is 0 Å². The second-order valence-electron chi connectivity index (χ2n) is 9.88. The minimum atomic E-state index is -1.46. The zero-order chi connectivity index (χ0) is 29.6. The van der Waals surface area contributed by atoms with Crippen LogP contribution in [0.5, 0.6) is 11.5 Å². The molecule has 1 heterocycles. The zero-order valence-electron chi connectivity index (χ0n) is 23.2. The first-order valence-corrected chi connectivity index (χ1v) is 12.6. The van der Waals surface area contributed by atoms with Gasteiger partial charge in [0, 0.05) is 33.1 Å². The molecule has 0 aliphatic carbocycles. The molecule has 1 saturated heterocycles. The Morgan fingerprint density at radius 1 is 0.700 bits per heavy atom. The smallest absolute Gasteiger partial charge is 0.305 e. The Labute approximate surface area is 232 Å². The van der Waals surface area contributed by atoms with Crippen LogP contribution in [0.4, 0.5) is 0 Å². The van der Waals surface area contributed by atoms with Crippen LogP contribution in [0.15, 0.2) is 48.5 Å². The van der Waals surface area contributed by atoms with Crippen LogP contribution in [0.2, 0.25) is 0 Å². The molecule has 0 spiro atoms. The van der Waals surface area contributed by atoms with Crippen molar-refractivity contribution in [1.29, 1.82) is 0 Å². The van der Waals surface area contributed by atoms with Crippen molar-refractivity contribution >= 4 is 23.9 Å². The van der Waals surface area contributed by atoms with Crippen molar-refractivity contribution < 1.29 is 52.7 Å². The quantitative estimate of drug-likeness (QED) is 0.358. The number of carbonyl (C=O) groups is 4. The van der Waals surface area contributed by atoms with E-state index in [1.54, 1.807) is 24.3 Å². The van der Waals surface area contributed by atoms with Gasteiger partial charge in [-0.25, -0.2) is 0 Å². The largest absolute Gasteiger partial charge is 0.508 e. The van der Waals surface area contributed by atoms with Gasteiger partial charge >= 0.3 is 23.9 Å². The maximum absolute atomic E-state index is 12.0. The summed E-state index contributed by atoms with van der Waals surface area (Å²) in [5, 5.41) is 9.61. The van der Waals surface area contributed by atoms with Gasteiger partial charge < -0.3 is 33.5 Å². The Morgan fingerprint density at radius 2 is 1.15 bits per heavy atom. The van der Waals surface area contributed by atoms with Crippen molar-refractivity contribution in [1.82, 2.24) is 0 Å². The Hall–Kier alpha value is -4.12. The normalized spacial score (nSPS) is 22.5. The molecule has 0 amide bonds. The third-order valence-corrected chi connectivity index (χ3v) is 6.36. The molecule has 5 atom stereocenters. The third-order valence-electron chi connectivity index (χ3n) is 6.36. The fourth-order valence-corrected chi connectivity index (χ4v) is 4.44. The van der Waals surface area contributed by atoms with Crippen molar-refractivity contribution in [2.24, 2.45) is 0 Å². The van der Waals surface area contributed by atoms with E-state index in [0.717, 1.165) is 38.8 Å². The average molecular weight is 559 g/mol. The number of ether oxygens (including phenoxy) is 6. The van der Waals surface area contributed by atoms with Gasteiger partial charge in [0.15, 0.2) is 12.2 Å². The molecule has 2 aromatic carbocycles. The van der Waals surface area contributed by atoms with Crippen molar-refractivity contribution in [2.75, 3.05) is 6.61 Å². The molecule has 0 saturated carbocycles. The van der Waals surface area contributed by atoms with Crippen LogP contribution in [0.1, 0.15) is 52.7 Å². The Morgan fingerprint density at radius 3 is 1.65 bits per heavy atom. The van der Waals surface area contributed by atoms with Crippen LogP contribution >= 0.6 is 0 Å². The maximum Gasteiger partial charge on any atom is 0.305 e. The molecular formula is C29H34O11. The monoisotopic (exact) mass is 558 g/mol. The predicted octanol–water partition coefficient (Wildman–Crippen LogP) is 3.18. The first kappa shape index (κ1) is 30.4. The van der Waals surface area contributed by atoms with E-state index in [0.29, 0.717) is 5.75 Å². The highest BCUT2D eigenvalue weighted by molar-refractivity contribution is 5.69. The number of benzene rings is 2. The lowest BCUT2D eigenvalue weighted by Gasteiger charge is -2.43. The Bertz CT molecular complexity index is 1200. The van der Waals surface area contributed by atoms with Crippen molar-refractivity contribution in [2.45, 2.75) is 77.7 Å². The summed E-state index contributed by atoms with van der Waals surface area (Å²) >= 11 is 0. The van der Waals surface area contributed by atoms with E-state index in [2.05, 4.69) is 13.8 Å². The summed E-state index contributed by atoms with van der Waals surface area (Å²) in [6, 6.07) is 14.3. The van der Waals surface area contributed by atoms with E-state index in [-0.39, 0.29) is 17.8 Å². The average Bonchev–Trinajstić information content (AvgIpc) is 2.86. The number of carbonyl (C=O) groups excluding carboxylic acids is 4. The Balaban J connectivity index is 1.84. The number of phenols is 1. The third kappa shape index (κ3) is 7.72. The summed E-state index contributed by atoms with van der Waals surface area (Å²) in [4.78, 5) is 47.4. The molecule has 1 fully saturated rings. The summed E-state index contributed by atoms with van der Waals surface area (Å²) in [5.74, 6) is -2.29. The SMILES string of the molecule is CC(=O)OC1O[C@H](COc2ccc(C(C)(C)c3ccc(O)cc3)cc2)[C@@H](OC(C)=O)[C@H](OC(C)=O)[C@H]1OC(C)=O. The molecule has 1 aliphatic heterocycles. The van der Waals surface area contributed by atoms with Crippen molar-refractivity contribution in [3.63, 3.8) is 0 Å². The number of hydrogen-bond acceptors (Lipinski definition) is 11. The molecule has 1 aliphatic rings. The molecule has 1 unspecified atom stereocenters. The molecule has 2 aromatic rings. The molecule has 3 rings (SSSR count). The lowest BCUT2D eigenvalue weighted by atomic mass is 9.78. The summed E-state index contributed by atoms with van der Waals surface area (Å²) in [6.45, 7) is 8.48. The van der Waals surface area contributed by atoms with Crippen LogP contribution in [-0.4, -0.2) is 66.3 Å². The topological polar surface area (TPSA) is 144 Å². The summed E-state index contributed by atoms with van der Waals surface area (Å²) in [6.07, 6.45) is -6.51. The number of phenolic OH excluding ortho intramolecular Hbond substituents is 1. The molecular weight excluding hydrogens is 524 g/mol. The fraction of sp³-hybridized carbons (Fsp3) is 0.448. The van der Waals surface area contributed by atoms with Crippen LogP contribution in [0.25, 0.3) is 0 Å². The molecule has 0 aromatic heterocycles. The van der Waals surface area contributed by atoms with Crippen LogP contribution in [0, 0.1) is 0 Å². The van der Waals surface area contributed by atoms with Gasteiger partial charge in [0.05, 0.1) is 0 Å². The summed E-state index contributed by atoms with van der Waals surface area (Å²) in [5.41, 5.74) is 1.64. The molecule has 0 bridgehead atoms. The van der Waals surface area contributed by atoms with Gasteiger partial charge in [0.25, 0.3) is 0 Å². The van der Waals surface area contributed by atoms with Gasteiger partial charge in [-0.15, -0.1) is 0 Å². The van der Waals surface area contributed by atoms with E-state index in [4.69, 9.17) is 28.4 Å². The van der Waals surface area contributed by atoms with Gasteiger partial charge in [-0.3, -0.25) is 19.2 Å². The van der Waals surface area contributed by atoms with Crippen LogP contribution < -0.4 is 4.74 Å². The van der Waals surface area contributed by atoms with Crippen molar-refractivity contribution in [3.05, 3.63) is 59.7 Å². The number of rotatable bonds is 9. The molecule has 11 nitrogen and oxygen atoms in total. The first-order valence-electron chi connectivity index (χ1n) is 12.6. The van der Waals surface area contributed by atoms with Crippen molar-refractivity contribution in [3.8, 4) is 11.5 Å². The predicted molar refractivity (Wildman–Crippen MR) is 139 cm³/mol. The highest BCUT2D eigenvalue weighted by atomic mass is 16.7. The number of hydrogen-bond donors (Lipinski definition) is 1. The van der Waals surface area contributed by atoms with Gasteiger partial charge in [-0.05, 0) is 35.4 Å².